The molecule has 1 heterocycles. The maximum Gasteiger partial charge on any atom is 0.256 e. The molecule has 1 fully saturated rings. The zero-order valence-electron chi connectivity index (χ0n) is 16.6. The van der Waals surface area contributed by atoms with Gasteiger partial charge in [-0.25, -0.2) is 8.42 Å². The van der Waals surface area contributed by atoms with Gasteiger partial charge < -0.3 is 10.3 Å². The Morgan fingerprint density at radius 3 is 2.57 bits per heavy atom. The SMILES string of the molecule is O=C(Nc1cccc(CS(=O)(=O)C2CCCCC2)c1)c1cc(=O)[nH]c2ccccc12. The van der Waals surface area contributed by atoms with E-state index < -0.39 is 15.7 Å². The highest BCUT2D eigenvalue weighted by Gasteiger charge is 2.27. The summed E-state index contributed by atoms with van der Waals surface area (Å²) in [6.45, 7) is 0. The molecule has 2 N–H and O–H groups in total. The molecule has 0 bridgehead atoms. The van der Waals surface area contributed by atoms with Crippen LogP contribution < -0.4 is 10.9 Å². The van der Waals surface area contributed by atoms with E-state index in [1.165, 1.54) is 6.07 Å². The summed E-state index contributed by atoms with van der Waals surface area (Å²) in [5.74, 6) is -0.445. The minimum absolute atomic E-state index is 0.0324. The first-order chi connectivity index (χ1) is 14.4. The van der Waals surface area contributed by atoms with Gasteiger partial charge in [0.05, 0.1) is 16.6 Å². The van der Waals surface area contributed by atoms with E-state index in [0.717, 1.165) is 32.1 Å². The van der Waals surface area contributed by atoms with Crippen molar-refractivity contribution in [3.8, 4) is 0 Å². The summed E-state index contributed by atoms with van der Waals surface area (Å²) in [6, 6.07) is 15.3. The Morgan fingerprint density at radius 1 is 1.00 bits per heavy atom. The molecule has 1 saturated carbocycles. The molecular formula is C23H24N2O4S. The molecule has 0 radical (unpaired) electrons. The normalized spacial score (nSPS) is 15.2. The third kappa shape index (κ3) is 4.46. The van der Waals surface area contributed by atoms with Gasteiger partial charge in [-0.1, -0.05) is 49.6 Å². The van der Waals surface area contributed by atoms with Crippen molar-refractivity contribution in [3.63, 3.8) is 0 Å². The molecule has 1 aromatic heterocycles. The van der Waals surface area contributed by atoms with Crippen LogP contribution in [-0.4, -0.2) is 24.6 Å². The molecule has 7 heteroatoms. The number of sulfone groups is 1. The van der Waals surface area contributed by atoms with Gasteiger partial charge in [-0.15, -0.1) is 0 Å². The van der Waals surface area contributed by atoms with E-state index in [-0.39, 0.29) is 22.1 Å². The maximum absolute atomic E-state index is 12.8. The van der Waals surface area contributed by atoms with E-state index in [2.05, 4.69) is 10.3 Å². The number of H-pyrrole nitrogens is 1. The number of benzene rings is 2. The van der Waals surface area contributed by atoms with Crippen LogP contribution in [0.3, 0.4) is 0 Å². The summed E-state index contributed by atoms with van der Waals surface area (Å²) in [5.41, 5.74) is 1.65. The molecule has 0 spiro atoms. The third-order valence-electron chi connectivity index (χ3n) is 5.61. The summed E-state index contributed by atoms with van der Waals surface area (Å²) in [5, 5.41) is 3.17. The van der Waals surface area contributed by atoms with Gasteiger partial charge in [0.25, 0.3) is 5.91 Å². The molecule has 1 aliphatic carbocycles. The molecule has 156 valence electrons. The van der Waals surface area contributed by atoms with Crippen molar-refractivity contribution < 1.29 is 13.2 Å². The number of rotatable bonds is 5. The van der Waals surface area contributed by atoms with Crippen LogP contribution in [0.15, 0.2) is 59.4 Å². The van der Waals surface area contributed by atoms with Crippen molar-refractivity contribution in [2.45, 2.75) is 43.1 Å². The molecule has 2 aromatic carbocycles. The molecule has 0 unspecified atom stereocenters. The lowest BCUT2D eigenvalue weighted by Crippen LogP contribution is -2.25. The lowest BCUT2D eigenvalue weighted by molar-refractivity contribution is 0.102. The van der Waals surface area contributed by atoms with E-state index in [1.807, 2.05) is 0 Å². The van der Waals surface area contributed by atoms with Crippen LogP contribution in [0.5, 0.6) is 0 Å². The smallest absolute Gasteiger partial charge is 0.256 e. The van der Waals surface area contributed by atoms with Gasteiger partial charge in [0, 0.05) is 22.7 Å². The number of hydrogen-bond acceptors (Lipinski definition) is 4. The van der Waals surface area contributed by atoms with Gasteiger partial charge in [0.2, 0.25) is 5.56 Å². The van der Waals surface area contributed by atoms with Crippen LogP contribution in [0.2, 0.25) is 0 Å². The number of aromatic nitrogens is 1. The molecule has 0 atom stereocenters. The van der Waals surface area contributed by atoms with Crippen LogP contribution in [0.4, 0.5) is 5.69 Å². The zero-order valence-corrected chi connectivity index (χ0v) is 17.4. The van der Waals surface area contributed by atoms with Crippen LogP contribution in [0.25, 0.3) is 10.9 Å². The Bertz CT molecular complexity index is 1240. The number of hydrogen-bond donors (Lipinski definition) is 2. The van der Waals surface area contributed by atoms with Gasteiger partial charge >= 0.3 is 0 Å². The number of aromatic amines is 1. The Morgan fingerprint density at radius 2 is 1.77 bits per heavy atom. The second-order valence-electron chi connectivity index (χ2n) is 7.81. The highest BCUT2D eigenvalue weighted by atomic mass is 32.2. The van der Waals surface area contributed by atoms with Crippen molar-refractivity contribution in [1.82, 2.24) is 4.98 Å². The summed E-state index contributed by atoms with van der Waals surface area (Å²) in [6.07, 6.45) is 4.49. The van der Waals surface area contributed by atoms with Crippen molar-refractivity contribution in [3.05, 3.63) is 76.1 Å². The molecule has 30 heavy (non-hydrogen) atoms. The largest absolute Gasteiger partial charge is 0.322 e. The van der Waals surface area contributed by atoms with Crippen molar-refractivity contribution >= 4 is 32.3 Å². The second kappa shape index (κ2) is 8.44. The number of carbonyl (C=O) groups excluding carboxylic acids is 1. The Kier molecular flexibility index (Phi) is 5.72. The number of pyridine rings is 1. The van der Waals surface area contributed by atoms with Gasteiger partial charge in [-0.3, -0.25) is 9.59 Å². The molecule has 1 amide bonds. The summed E-state index contributed by atoms with van der Waals surface area (Å²) in [7, 11) is -3.23. The highest BCUT2D eigenvalue weighted by molar-refractivity contribution is 7.91. The molecule has 6 nitrogen and oxygen atoms in total. The number of anilines is 1. The Balaban J connectivity index is 1.55. The van der Waals surface area contributed by atoms with E-state index in [0.29, 0.717) is 22.2 Å². The van der Waals surface area contributed by atoms with Gasteiger partial charge in [-0.2, -0.15) is 0 Å². The van der Waals surface area contributed by atoms with E-state index in [4.69, 9.17) is 0 Å². The van der Waals surface area contributed by atoms with Gasteiger partial charge in [0.15, 0.2) is 9.84 Å². The number of nitrogens with one attached hydrogen (secondary N) is 2. The van der Waals surface area contributed by atoms with Crippen LogP contribution in [0, 0.1) is 0 Å². The monoisotopic (exact) mass is 424 g/mol. The predicted octanol–water partition coefficient (Wildman–Crippen LogP) is 4.03. The summed E-state index contributed by atoms with van der Waals surface area (Å²) < 4.78 is 25.5. The fourth-order valence-electron chi connectivity index (χ4n) is 4.10. The Labute approximate surface area is 175 Å². The van der Waals surface area contributed by atoms with Crippen molar-refractivity contribution in [2.75, 3.05) is 5.32 Å². The average molecular weight is 425 g/mol. The number of amides is 1. The van der Waals surface area contributed by atoms with Crippen LogP contribution >= 0.6 is 0 Å². The molecule has 0 aliphatic heterocycles. The van der Waals surface area contributed by atoms with E-state index in [1.54, 1.807) is 48.5 Å². The van der Waals surface area contributed by atoms with Gasteiger partial charge in [0.1, 0.15) is 0 Å². The summed E-state index contributed by atoms with van der Waals surface area (Å²) in [4.78, 5) is 27.5. The molecule has 0 saturated heterocycles. The number of fused-ring (bicyclic) bond motifs is 1. The van der Waals surface area contributed by atoms with Crippen LogP contribution in [-0.2, 0) is 15.6 Å². The number of para-hydroxylation sites is 1. The van der Waals surface area contributed by atoms with Crippen LogP contribution in [0.1, 0.15) is 48.0 Å². The van der Waals surface area contributed by atoms with Crippen molar-refractivity contribution in [1.29, 1.82) is 0 Å². The lowest BCUT2D eigenvalue weighted by atomic mass is 10.0. The summed E-state index contributed by atoms with van der Waals surface area (Å²) >= 11 is 0. The maximum atomic E-state index is 12.8. The topological polar surface area (TPSA) is 96.1 Å². The first-order valence-corrected chi connectivity index (χ1v) is 11.9. The average Bonchev–Trinajstić information content (AvgIpc) is 2.73. The lowest BCUT2D eigenvalue weighted by Gasteiger charge is -2.21. The minimum atomic E-state index is -3.23. The molecule has 1 aliphatic rings. The molecular weight excluding hydrogens is 400 g/mol. The fraction of sp³-hybridized carbons (Fsp3) is 0.304. The van der Waals surface area contributed by atoms with E-state index in [9.17, 15) is 18.0 Å². The minimum Gasteiger partial charge on any atom is -0.322 e. The Hall–Kier alpha value is -2.93. The second-order valence-corrected chi connectivity index (χ2v) is 10.1. The standard InChI is InChI=1S/C23H24N2O4S/c26-22-14-20(19-11-4-5-12-21(19)25-22)23(27)24-17-8-6-7-16(13-17)15-30(28,29)18-9-2-1-3-10-18/h4-8,11-14,18H,1-3,9-10,15H2,(H,24,27)(H,25,26). The van der Waals surface area contributed by atoms with E-state index >= 15 is 0 Å². The van der Waals surface area contributed by atoms with Gasteiger partial charge in [-0.05, 0) is 36.6 Å². The fourth-order valence-corrected chi connectivity index (χ4v) is 6.04. The predicted molar refractivity (Wildman–Crippen MR) is 118 cm³/mol. The zero-order chi connectivity index (χ0) is 21.1. The number of carbonyl (C=O) groups is 1. The molecule has 3 aromatic rings. The van der Waals surface area contributed by atoms with Crippen molar-refractivity contribution in [2.24, 2.45) is 0 Å². The first-order valence-electron chi connectivity index (χ1n) is 10.2. The first kappa shape index (κ1) is 20.3. The molecule has 4 rings (SSSR count). The quantitative estimate of drug-likeness (QED) is 0.646. The third-order valence-corrected chi connectivity index (χ3v) is 7.83. The highest BCUT2D eigenvalue weighted by Crippen LogP contribution is 2.27.